The molecule has 2 aromatic carbocycles. The zero-order valence-electron chi connectivity index (χ0n) is 19.5. The van der Waals surface area contributed by atoms with E-state index in [-0.39, 0.29) is 11.8 Å². The van der Waals surface area contributed by atoms with E-state index in [1.807, 2.05) is 19.9 Å². The minimum Gasteiger partial charge on any atom is -0.382 e. The summed E-state index contributed by atoms with van der Waals surface area (Å²) < 4.78 is 42.1. The highest BCUT2D eigenvalue weighted by Gasteiger charge is 2.39. The molecular formula is C26H30FN3O3S. The van der Waals surface area contributed by atoms with Crippen molar-refractivity contribution in [3.05, 3.63) is 53.5 Å². The van der Waals surface area contributed by atoms with E-state index in [1.165, 1.54) is 22.5 Å². The molecule has 0 radical (unpaired) electrons. The van der Waals surface area contributed by atoms with Gasteiger partial charge in [0.15, 0.2) is 0 Å². The molecule has 1 aliphatic heterocycles. The van der Waals surface area contributed by atoms with Gasteiger partial charge in [0.2, 0.25) is 10.0 Å². The van der Waals surface area contributed by atoms with E-state index >= 15 is 0 Å². The third-order valence-electron chi connectivity index (χ3n) is 7.02. The van der Waals surface area contributed by atoms with Gasteiger partial charge in [0.25, 0.3) is 5.91 Å². The smallest absolute Gasteiger partial charge is 0.250 e. The van der Waals surface area contributed by atoms with Gasteiger partial charge in [-0.05, 0) is 60.6 Å². The summed E-state index contributed by atoms with van der Waals surface area (Å²) in [4.78, 5) is 12.2. The molecule has 180 valence electrons. The summed E-state index contributed by atoms with van der Waals surface area (Å²) in [6, 6.07) is 9.94. The zero-order chi connectivity index (χ0) is 24.3. The van der Waals surface area contributed by atoms with Crippen LogP contribution in [-0.4, -0.2) is 30.1 Å². The number of nitrogens with two attached hydrogens (primary N) is 1. The van der Waals surface area contributed by atoms with Gasteiger partial charge < -0.3 is 11.1 Å². The van der Waals surface area contributed by atoms with E-state index in [2.05, 4.69) is 5.32 Å². The highest BCUT2D eigenvalue weighted by Crippen LogP contribution is 2.44. The topological polar surface area (TPSA) is 94.2 Å². The number of primary amides is 1. The van der Waals surface area contributed by atoms with Gasteiger partial charge in [0, 0.05) is 28.4 Å². The molecule has 1 saturated carbocycles. The normalized spacial score (nSPS) is 19.6. The summed E-state index contributed by atoms with van der Waals surface area (Å²) in [7, 11) is -3.67. The Kier molecular flexibility index (Phi) is 5.47. The molecule has 0 unspecified atom stereocenters. The van der Waals surface area contributed by atoms with Crippen LogP contribution in [-0.2, 0) is 16.4 Å². The molecule has 6 nitrogen and oxygen atoms in total. The lowest BCUT2D eigenvalue weighted by molar-refractivity contribution is 0.100. The van der Waals surface area contributed by atoms with Crippen LogP contribution in [0.25, 0.3) is 22.0 Å². The molecule has 0 spiro atoms. The molecule has 2 heterocycles. The minimum absolute atomic E-state index is 0.0121. The average molecular weight is 484 g/mol. The summed E-state index contributed by atoms with van der Waals surface area (Å²) in [5.74, 6) is -1.01. The molecule has 1 amide bonds. The fourth-order valence-electron chi connectivity index (χ4n) is 5.65. The Labute approximate surface area is 199 Å². The van der Waals surface area contributed by atoms with E-state index in [4.69, 9.17) is 5.73 Å². The number of fused-ring (bicyclic) bond motifs is 3. The number of hydrogen-bond donors (Lipinski definition) is 2. The molecule has 3 N–H and O–H groups in total. The second-order valence-electron chi connectivity index (χ2n) is 10.4. The van der Waals surface area contributed by atoms with E-state index in [9.17, 15) is 17.6 Å². The SMILES string of the molecule is CC1(C)Cc2c(-c3ccc(C(N)=O)c(NC4CCCCC4)c3)c3ccc(F)cc3n2S(=O)(=O)C1. The second-order valence-corrected chi connectivity index (χ2v) is 12.3. The number of amides is 1. The molecular weight excluding hydrogens is 453 g/mol. The molecule has 34 heavy (non-hydrogen) atoms. The summed E-state index contributed by atoms with van der Waals surface area (Å²) >= 11 is 0. The van der Waals surface area contributed by atoms with Gasteiger partial charge >= 0.3 is 0 Å². The predicted molar refractivity (Wildman–Crippen MR) is 133 cm³/mol. The first-order chi connectivity index (χ1) is 16.1. The van der Waals surface area contributed by atoms with E-state index < -0.39 is 27.2 Å². The number of nitrogens with one attached hydrogen (secondary N) is 1. The zero-order valence-corrected chi connectivity index (χ0v) is 20.3. The van der Waals surface area contributed by atoms with Crippen LogP contribution in [0.5, 0.6) is 0 Å². The van der Waals surface area contributed by atoms with Gasteiger partial charge in [-0.3, -0.25) is 4.79 Å². The lowest BCUT2D eigenvalue weighted by Gasteiger charge is -2.31. The molecule has 1 aliphatic carbocycles. The highest BCUT2D eigenvalue weighted by atomic mass is 32.2. The van der Waals surface area contributed by atoms with Crippen molar-refractivity contribution in [1.82, 2.24) is 3.97 Å². The Hall–Kier alpha value is -2.87. The lowest BCUT2D eigenvalue weighted by atomic mass is 9.87. The first kappa shape index (κ1) is 22.9. The van der Waals surface area contributed by atoms with Crippen LogP contribution in [0, 0.1) is 11.2 Å². The van der Waals surface area contributed by atoms with Gasteiger partial charge in [-0.2, -0.15) is 0 Å². The van der Waals surface area contributed by atoms with Crippen molar-refractivity contribution in [2.75, 3.05) is 11.1 Å². The van der Waals surface area contributed by atoms with Crippen molar-refractivity contribution in [1.29, 1.82) is 0 Å². The predicted octanol–water partition coefficient (Wildman–Crippen LogP) is 5.05. The van der Waals surface area contributed by atoms with Crippen molar-refractivity contribution >= 4 is 32.5 Å². The summed E-state index contributed by atoms with van der Waals surface area (Å²) in [5.41, 5.74) is 8.81. The number of anilines is 1. The number of carbonyl (C=O) groups excluding carboxylic acids is 1. The third kappa shape index (κ3) is 3.98. The quantitative estimate of drug-likeness (QED) is 0.543. The number of rotatable bonds is 4. The van der Waals surface area contributed by atoms with Crippen molar-refractivity contribution < 1.29 is 17.6 Å². The molecule has 0 atom stereocenters. The molecule has 0 saturated heterocycles. The van der Waals surface area contributed by atoms with Crippen LogP contribution in [0.15, 0.2) is 36.4 Å². The highest BCUT2D eigenvalue weighted by molar-refractivity contribution is 7.90. The number of nitrogens with zero attached hydrogens (tertiary/aromatic N) is 1. The van der Waals surface area contributed by atoms with Crippen LogP contribution in [0.4, 0.5) is 10.1 Å². The van der Waals surface area contributed by atoms with Crippen LogP contribution < -0.4 is 11.1 Å². The standard InChI is InChI=1S/C26H30FN3O3S/c1-26(2)14-23-24(20-11-9-17(27)13-22(20)30(23)34(32,33)15-26)16-8-10-19(25(28)31)21(12-16)29-18-6-4-3-5-7-18/h8-13,18,29H,3-7,14-15H2,1-2H3,(H2,28,31). The number of aromatic nitrogens is 1. The van der Waals surface area contributed by atoms with Gasteiger partial charge in [-0.25, -0.2) is 16.8 Å². The Bertz CT molecular complexity index is 1400. The van der Waals surface area contributed by atoms with E-state index in [0.717, 1.165) is 36.8 Å². The average Bonchev–Trinajstić information content (AvgIpc) is 3.06. The monoisotopic (exact) mass is 483 g/mol. The lowest BCUT2D eigenvalue weighted by Crippen LogP contribution is -2.36. The molecule has 1 fully saturated rings. The summed E-state index contributed by atoms with van der Waals surface area (Å²) in [5, 5.41) is 4.19. The van der Waals surface area contributed by atoms with Crippen molar-refractivity contribution in [2.24, 2.45) is 11.1 Å². The van der Waals surface area contributed by atoms with Gasteiger partial charge in [0.05, 0.1) is 16.8 Å². The van der Waals surface area contributed by atoms with Gasteiger partial charge in [0.1, 0.15) is 5.82 Å². The fourth-order valence-corrected chi connectivity index (χ4v) is 7.81. The minimum atomic E-state index is -3.67. The third-order valence-corrected chi connectivity index (χ3v) is 9.14. The van der Waals surface area contributed by atoms with Crippen LogP contribution in [0.2, 0.25) is 0 Å². The largest absolute Gasteiger partial charge is 0.382 e. The molecule has 5 rings (SSSR count). The Balaban J connectivity index is 1.74. The van der Waals surface area contributed by atoms with Crippen molar-refractivity contribution in [3.63, 3.8) is 0 Å². The van der Waals surface area contributed by atoms with Crippen LogP contribution >= 0.6 is 0 Å². The number of hydrogen-bond acceptors (Lipinski definition) is 4. The fraction of sp³-hybridized carbons (Fsp3) is 0.423. The summed E-state index contributed by atoms with van der Waals surface area (Å²) in [6.07, 6.45) is 6.07. The molecule has 0 bridgehead atoms. The van der Waals surface area contributed by atoms with Gasteiger partial charge in [-0.15, -0.1) is 0 Å². The van der Waals surface area contributed by atoms with Gasteiger partial charge in [-0.1, -0.05) is 39.2 Å². The maximum Gasteiger partial charge on any atom is 0.250 e. The first-order valence-corrected chi connectivity index (χ1v) is 13.4. The Morgan fingerprint density at radius 2 is 1.85 bits per heavy atom. The number of halogens is 1. The molecule has 1 aromatic heterocycles. The summed E-state index contributed by atoms with van der Waals surface area (Å²) in [6.45, 7) is 3.87. The Morgan fingerprint density at radius 1 is 1.12 bits per heavy atom. The van der Waals surface area contributed by atoms with Crippen LogP contribution in [0.3, 0.4) is 0 Å². The first-order valence-electron chi connectivity index (χ1n) is 11.8. The molecule has 8 heteroatoms. The second kappa shape index (κ2) is 8.12. The van der Waals surface area contributed by atoms with E-state index in [0.29, 0.717) is 34.3 Å². The van der Waals surface area contributed by atoms with Crippen molar-refractivity contribution in [3.8, 4) is 11.1 Å². The number of benzene rings is 2. The maximum atomic E-state index is 14.2. The molecule has 2 aliphatic rings. The van der Waals surface area contributed by atoms with Crippen LogP contribution in [0.1, 0.15) is 62.0 Å². The number of carbonyl (C=O) groups is 1. The maximum absolute atomic E-state index is 14.2. The molecule has 3 aromatic rings. The Morgan fingerprint density at radius 3 is 2.56 bits per heavy atom. The van der Waals surface area contributed by atoms with E-state index in [1.54, 1.807) is 18.2 Å². The van der Waals surface area contributed by atoms with Crippen molar-refractivity contribution in [2.45, 2.75) is 58.4 Å².